The molecule has 0 aliphatic carbocycles. The average molecular weight is 405 g/mol. The van der Waals surface area contributed by atoms with E-state index >= 15 is 0 Å². The molecule has 0 fully saturated rings. The van der Waals surface area contributed by atoms with Crippen molar-refractivity contribution in [2.24, 2.45) is 7.05 Å². The molecule has 140 valence electrons. The molecule has 7 nitrogen and oxygen atoms in total. The number of rotatable bonds is 4. The van der Waals surface area contributed by atoms with Gasteiger partial charge in [0.05, 0.1) is 33.8 Å². The van der Waals surface area contributed by atoms with Gasteiger partial charge in [0.1, 0.15) is 4.83 Å². The molecule has 2 heterocycles. The molecule has 0 aliphatic rings. The van der Waals surface area contributed by atoms with Crippen molar-refractivity contribution in [1.82, 2.24) is 14.5 Å². The van der Waals surface area contributed by atoms with Crippen LogP contribution in [0, 0.1) is 6.92 Å². The summed E-state index contributed by atoms with van der Waals surface area (Å²) < 4.78 is 1.37. The molecule has 3 rings (SSSR count). The van der Waals surface area contributed by atoms with E-state index in [9.17, 15) is 14.4 Å². The van der Waals surface area contributed by atoms with Gasteiger partial charge < -0.3 is 14.8 Å². The third-order valence-corrected chi connectivity index (χ3v) is 5.60. The zero-order valence-corrected chi connectivity index (χ0v) is 16.5. The zero-order chi connectivity index (χ0) is 19.7. The van der Waals surface area contributed by atoms with Crippen LogP contribution < -0.4 is 10.9 Å². The third-order valence-electron chi connectivity index (χ3n) is 4.08. The number of carbonyl (C=O) groups is 2. The number of benzene rings is 1. The van der Waals surface area contributed by atoms with Gasteiger partial charge in [-0.25, -0.2) is 4.98 Å². The van der Waals surface area contributed by atoms with Gasteiger partial charge in [-0.2, -0.15) is 0 Å². The molecule has 2 amide bonds. The Hall–Kier alpha value is -2.71. The Morgan fingerprint density at radius 2 is 2.04 bits per heavy atom. The van der Waals surface area contributed by atoms with Crippen LogP contribution >= 0.6 is 22.9 Å². The van der Waals surface area contributed by atoms with E-state index in [0.717, 1.165) is 11.3 Å². The van der Waals surface area contributed by atoms with Gasteiger partial charge in [-0.05, 0) is 24.6 Å². The van der Waals surface area contributed by atoms with Crippen LogP contribution in [0.2, 0.25) is 5.02 Å². The number of anilines is 1. The van der Waals surface area contributed by atoms with Crippen molar-refractivity contribution in [2.45, 2.75) is 6.92 Å². The van der Waals surface area contributed by atoms with Crippen LogP contribution in [0.4, 0.5) is 5.69 Å². The summed E-state index contributed by atoms with van der Waals surface area (Å²) in [6, 6.07) is 6.86. The van der Waals surface area contributed by atoms with Crippen molar-refractivity contribution < 1.29 is 9.59 Å². The number of nitrogens with zero attached hydrogens (tertiary/aromatic N) is 3. The number of aromatic nitrogens is 2. The van der Waals surface area contributed by atoms with E-state index in [1.807, 2.05) is 0 Å². The molecular formula is C18H17ClN4O3S. The van der Waals surface area contributed by atoms with Crippen molar-refractivity contribution in [3.05, 3.63) is 56.4 Å². The standard InChI is InChI=1S/C18H17ClN4O3S/c1-10-14-16(20-9-23(3)17(14)25)27-15(10)18(26)22(2)8-13(24)21-12-7-5-4-6-11(12)19/h4-7,9H,8H2,1-3H3,(H,21,24). The number of hydrogen-bond donors (Lipinski definition) is 1. The number of nitrogens with one attached hydrogen (secondary N) is 1. The Kier molecular flexibility index (Phi) is 5.29. The van der Waals surface area contributed by atoms with E-state index in [-0.39, 0.29) is 23.9 Å². The molecule has 0 saturated heterocycles. The summed E-state index contributed by atoms with van der Waals surface area (Å²) in [5.74, 6) is -0.710. The minimum absolute atomic E-state index is 0.150. The van der Waals surface area contributed by atoms with Crippen LogP contribution in [0.25, 0.3) is 10.2 Å². The molecular weight excluding hydrogens is 388 g/mol. The highest BCUT2D eigenvalue weighted by molar-refractivity contribution is 7.20. The molecule has 9 heteroatoms. The topological polar surface area (TPSA) is 84.3 Å². The van der Waals surface area contributed by atoms with E-state index in [0.29, 0.717) is 31.4 Å². The summed E-state index contributed by atoms with van der Waals surface area (Å²) in [5, 5.41) is 3.53. The van der Waals surface area contributed by atoms with E-state index in [2.05, 4.69) is 10.3 Å². The highest BCUT2D eigenvalue weighted by atomic mass is 35.5. The Balaban J connectivity index is 1.80. The van der Waals surface area contributed by atoms with Crippen molar-refractivity contribution in [3.8, 4) is 0 Å². The lowest BCUT2D eigenvalue weighted by Gasteiger charge is -2.16. The fourth-order valence-electron chi connectivity index (χ4n) is 2.63. The Labute approximate surface area is 164 Å². The van der Waals surface area contributed by atoms with Crippen LogP contribution in [0.1, 0.15) is 15.2 Å². The second kappa shape index (κ2) is 7.50. The number of aryl methyl sites for hydroxylation is 2. The van der Waals surface area contributed by atoms with E-state index in [4.69, 9.17) is 11.6 Å². The van der Waals surface area contributed by atoms with Crippen LogP contribution in [0.5, 0.6) is 0 Å². The highest BCUT2D eigenvalue weighted by Gasteiger charge is 2.23. The van der Waals surface area contributed by atoms with Crippen molar-refractivity contribution >= 4 is 50.7 Å². The summed E-state index contributed by atoms with van der Waals surface area (Å²) >= 11 is 7.17. The molecule has 0 atom stereocenters. The second-order valence-electron chi connectivity index (χ2n) is 6.09. The predicted octanol–water partition coefficient (Wildman–Crippen LogP) is 2.67. The number of likely N-dealkylation sites (N-methyl/N-ethyl adjacent to an activating group) is 1. The maximum Gasteiger partial charge on any atom is 0.264 e. The lowest BCUT2D eigenvalue weighted by molar-refractivity contribution is -0.116. The molecule has 0 saturated carbocycles. The van der Waals surface area contributed by atoms with Crippen LogP contribution in [-0.2, 0) is 11.8 Å². The van der Waals surface area contributed by atoms with Gasteiger partial charge in [0.25, 0.3) is 11.5 Å². The Morgan fingerprint density at radius 3 is 2.74 bits per heavy atom. The zero-order valence-electron chi connectivity index (χ0n) is 14.9. The van der Waals surface area contributed by atoms with Gasteiger partial charge >= 0.3 is 0 Å². The van der Waals surface area contributed by atoms with Crippen LogP contribution in [0.3, 0.4) is 0 Å². The molecule has 1 aromatic carbocycles. The number of amides is 2. The lowest BCUT2D eigenvalue weighted by atomic mass is 10.2. The van der Waals surface area contributed by atoms with Gasteiger partial charge in [-0.1, -0.05) is 23.7 Å². The molecule has 27 heavy (non-hydrogen) atoms. The minimum Gasteiger partial charge on any atom is -0.332 e. The molecule has 1 N–H and O–H groups in total. The first-order valence-electron chi connectivity index (χ1n) is 8.04. The molecule has 0 aliphatic heterocycles. The maximum absolute atomic E-state index is 12.8. The van der Waals surface area contributed by atoms with Crippen LogP contribution in [-0.4, -0.2) is 39.9 Å². The summed E-state index contributed by atoms with van der Waals surface area (Å²) in [4.78, 5) is 43.7. The van der Waals surface area contributed by atoms with E-state index in [1.165, 1.54) is 22.8 Å². The summed E-state index contributed by atoms with van der Waals surface area (Å²) in [7, 11) is 3.14. The van der Waals surface area contributed by atoms with Gasteiger partial charge in [0.2, 0.25) is 5.91 Å². The van der Waals surface area contributed by atoms with Gasteiger partial charge in [-0.3, -0.25) is 14.4 Å². The number of hydrogen-bond acceptors (Lipinski definition) is 5. The molecule has 0 spiro atoms. The quantitative estimate of drug-likeness (QED) is 0.724. The maximum atomic E-state index is 12.8. The number of halogens is 1. The SMILES string of the molecule is Cc1c(C(=O)N(C)CC(=O)Nc2ccccc2Cl)sc2ncn(C)c(=O)c12. The third kappa shape index (κ3) is 3.72. The largest absolute Gasteiger partial charge is 0.332 e. The molecule has 0 bridgehead atoms. The summed E-state index contributed by atoms with van der Waals surface area (Å²) in [6.45, 7) is 1.57. The number of carbonyl (C=O) groups excluding carboxylic acids is 2. The fraction of sp³-hybridized carbons (Fsp3) is 0.222. The first kappa shape index (κ1) is 19.1. The average Bonchev–Trinajstić information content (AvgIpc) is 2.96. The molecule has 3 aromatic rings. The Morgan fingerprint density at radius 1 is 1.33 bits per heavy atom. The van der Waals surface area contributed by atoms with Gasteiger partial charge in [0.15, 0.2) is 0 Å². The molecule has 2 aromatic heterocycles. The van der Waals surface area contributed by atoms with Gasteiger partial charge in [-0.15, -0.1) is 11.3 Å². The van der Waals surface area contributed by atoms with Crippen molar-refractivity contribution in [3.63, 3.8) is 0 Å². The second-order valence-corrected chi connectivity index (χ2v) is 7.49. The lowest BCUT2D eigenvalue weighted by Crippen LogP contribution is -2.34. The van der Waals surface area contributed by atoms with Crippen molar-refractivity contribution in [1.29, 1.82) is 0 Å². The molecule has 0 radical (unpaired) electrons. The first-order chi connectivity index (χ1) is 12.8. The predicted molar refractivity (Wildman–Crippen MR) is 107 cm³/mol. The van der Waals surface area contributed by atoms with Gasteiger partial charge in [0, 0.05) is 14.1 Å². The fourth-order valence-corrected chi connectivity index (χ4v) is 3.94. The molecule has 0 unspecified atom stereocenters. The van der Waals surface area contributed by atoms with E-state index < -0.39 is 0 Å². The number of fused-ring (bicyclic) bond motifs is 1. The summed E-state index contributed by atoms with van der Waals surface area (Å²) in [6.07, 6.45) is 1.43. The normalized spacial score (nSPS) is 10.8. The number of para-hydroxylation sites is 1. The minimum atomic E-state index is -0.369. The summed E-state index contributed by atoms with van der Waals surface area (Å²) in [5.41, 5.74) is 0.856. The van der Waals surface area contributed by atoms with Crippen molar-refractivity contribution in [2.75, 3.05) is 18.9 Å². The Bertz CT molecular complexity index is 1110. The van der Waals surface area contributed by atoms with E-state index in [1.54, 1.807) is 38.2 Å². The number of thiophene rings is 1. The highest BCUT2D eigenvalue weighted by Crippen LogP contribution is 2.27. The van der Waals surface area contributed by atoms with Crippen LogP contribution in [0.15, 0.2) is 35.4 Å². The smallest absolute Gasteiger partial charge is 0.264 e. The first-order valence-corrected chi connectivity index (χ1v) is 9.23. The monoisotopic (exact) mass is 404 g/mol.